The standard InChI is InChI=1S/C14H18FN3O/c1-10(6-7-16)2-5-14(19)18-13-4-3-12(15)8-11(13)9-17/h3-4,8,10H,2,5-7,16H2,1H3,(H,18,19). The first kappa shape index (κ1) is 15.1. The lowest BCUT2D eigenvalue weighted by Gasteiger charge is -2.10. The summed E-state index contributed by atoms with van der Waals surface area (Å²) in [6.45, 7) is 2.65. The molecule has 1 rings (SSSR count). The van der Waals surface area contributed by atoms with Crippen LogP contribution in [0, 0.1) is 23.1 Å². The molecule has 1 unspecified atom stereocenters. The second kappa shape index (κ2) is 7.49. The lowest BCUT2D eigenvalue weighted by atomic mass is 10.0. The summed E-state index contributed by atoms with van der Waals surface area (Å²) < 4.78 is 12.9. The molecule has 1 amide bonds. The number of anilines is 1. The third kappa shape index (κ3) is 5.06. The van der Waals surface area contributed by atoms with Crippen LogP contribution in [0.2, 0.25) is 0 Å². The van der Waals surface area contributed by atoms with Gasteiger partial charge in [0, 0.05) is 6.42 Å². The third-order valence-corrected chi connectivity index (χ3v) is 2.90. The molecule has 1 atom stereocenters. The number of nitrogens with zero attached hydrogens (tertiary/aromatic N) is 1. The Balaban J connectivity index is 2.56. The van der Waals surface area contributed by atoms with E-state index in [-0.39, 0.29) is 11.5 Å². The molecule has 0 saturated heterocycles. The fraction of sp³-hybridized carbons (Fsp3) is 0.429. The lowest BCUT2D eigenvalue weighted by molar-refractivity contribution is -0.116. The number of carbonyl (C=O) groups is 1. The molecule has 1 aromatic carbocycles. The van der Waals surface area contributed by atoms with Gasteiger partial charge < -0.3 is 11.1 Å². The van der Waals surface area contributed by atoms with E-state index in [2.05, 4.69) is 5.32 Å². The second-order valence-corrected chi connectivity index (χ2v) is 4.57. The number of rotatable bonds is 6. The van der Waals surface area contributed by atoms with Crippen LogP contribution in [0.3, 0.4) is 0 Å². The van der Waals surface area contributed by atoms with Crippen LogP contribution >= 0.6 is 0 Å². The van der Waals surface area contributed by atoms with Gasteiger partial charge in [0.25, 0.3) is 0 Å². The van der Waals surface area contributed by atoms with Crippen LogP contribution in [0.1, 0.15) is 31.7 Å². The SMILES string of the molecule is CC(CCN)CCC(=O)Nc1ccc(F)cc1C#N. The first-order valence-electron chi connectivity index (χ1n) is 6.26. The van der Waals surface area contributed by atoms with Gasteiger partial charge in [0.05, 0.1) is 11.3 Å². The van der Waals surface area contributed by atoms with Crippen LogP contribution in [-0.2, 0) is 4.79 Å². The zero-order valence-electron chi connectivity index (χ0n) is 10.9. The van der Waals surface area contributed by atoms with Crippen molar-refractivity contribution >= 4 is 11.6 Å². The molecule has 1 aromatic rings. The minimum atomic E-state index is -0.494. The Kier molecular flexibility index (Phi) is 5.97. The molecule has 3 N–H and O–H groups in total. The summed E-state index contributed by atoms with van der Waals surface area (Å²) in [7, 11) is 0. The molecule has 0 radical (unpaired) electrons. The van der Waals surface area contributed by atoms with Crippen molar-refractivity contribution in [3.63, 3.8) is 0 Å². The van der Waals surface area contributed by atoms with Gasteiger partial charge in [-0.25, -0.2) is 4.39 Å². The number of amides is 1. The zero-order chi connectivity index (χ0) is 14.3. The Morgan fingerprint density at radius 1 is 1.53 bits per heavy atom. The van der Waals surface area contributed by atoms with Crippen molar-refractivity contribution in [2.75, 3.05) is 11.9 Å². The van der Waals surface area contributed by atoms with Gasteiger partial charge in [-0.3, -0.25) is 4.79 Å². The van der Waals surface area contributed by atoms with E-state index in [1.807, 2.05) is 13.0 Å². The van der Waals surface area contributed by atoms with Crippen molar-refractivity contribution in [3.8, 4) is 6.07 Å². The average Bonchev–Trinajstić information content (AvgIpc) is 2.39. The Bertz CT molecular complexity index is 482. The molecule has 0 heterocycles. The van der Waals surface area contributed by atoms with Crippen LogP contribution in [0.4, 0.5) is 10.1 Å². The van der Waals surface area contributed by atoms with E-state index in [1.165, 1.54) is 12.1 Å². The largest absolute Gasteiger partial charge is 0.330 e. The summed E-state index contributed by atoms with van der Waals surface area (Å²) in [5.41, 5.74) is 5.91. The molecule has 5 heteroatoms. The van der Waals surface area contributed by atoms with Gasteiger partial charge >= 0.3 is 0 Å². The Morgan fingerprint density at radius 3 is 2.89 bits per heavy atom. The van der Waals surface area contributed by atoms with Crippen LogP contribution in [0.25, 0.3) is 0 Å². The summed E-state index contributed by atoms with van der Waals surface area (Å²) >= 11 is 0. The maximum atomic E-state index is 12.9. The molecule has 102 valence electrons. The molecule has 4 nitrogen and oxygen atoms in total. The number of carbonyl (C=O) groups excluding carboxylic acids is 1. The zero-order valence-corrected chi connectivity index (χ0v) is 10.9. The van der Waals surface area contributed by atoms with Crippen molar-refractivity contribution in [3.05, 3.63) is 29.6 Å². The summed E-state index contributed by atoms with van der Waals surface area (Å²) in [6, 6.07) is 5.57. The lowest BCUT2D eigenvalue weighted by Crippen LogP contribution is -2.14. The van der Waals surface area contributed by atoms with Crippen LogP contribution in [0.5, 0.6) is 0 Å². The maximum Gasteiger partial charge on any atom is 0.224 e. The molecule has 19 heavy (non-hydrogen) atoms. The van der Waals surface area contributed by atoms with Gasteiger partial charge in [-0.15, -0.1) is 0 Å². The number of nitrogens with one attached hydrogen (secondary N) is 1. The second-order valence-electron chi connectivity index (χ2n) is 4.57. The average molecular weight is 263 g/mol. The van der Waals surface area contributed by atoms with Gasteiger partial charge in [0.2, 0.25) is 5.91 Å². The van der Waals surface area contributed by atoms with Crippen molar-refractivity contribution in [1.29, 1.82) is 5.26 Å². The predicted octanol–water partition coefficient (Wildman–Crippen LogP) is 2.40. The minimum Gasteiger partial charge on any atom is -0.330 e. The van der Waals surface area contributed by atoms with E-state index in [9.17, 15) is 9.18 Å². The highest BCUT2D eigenvalue weighted by molar-refractivity contribution is 5.92. The molecule has 0 aliphatic rings. The predicted molar refractivity (Wildman–Crippen MR) is 71.8 cm³/mol. The van der Waals surface area contributed by atoms with Crippen molar-refractivity contribution in [2.24, 2.45) is 11.7 Å². The highest BCUT2D eigenvalue weighted by atomic mass is 19.1. The van der Waals surface area contributed by atoms with E-state index in [0.29, 0.717) is 24.6 Å². The van der Waals surface area contributed by atoms with Crippen molar-refractivity contribution in [1.82, 2.24) is 0 Å². The summed E-state index contributed by atoms with van der Waals surface area (Å²) in [5, 5.41) is 11.5. The number of halogens is 1. The molecule has 0 aliphatic carbocycles. The van der Waals surface area contributed by atoms with Crippen molar-refractivity contribution in [2.45, 2.75) is 26.2 Å². The topological polar surface area (TPSA) is 78.9 Å². The quantitative estimate of drug-likeness (QED) is 0.827. The minimum absolute atomic E-state index is 0.128. The molecular weight excluding hydrogens is 245 g/mol. The highest BCUT2D eigenvalue weighted by Crippen LogP contribution is 2.17. The normalized spacial score (nSPS) is 11.7. The van der Waals surface area contributed by atoms with E-state index < -0.39 is 5.82 Å². The molecule has 0 fully saturated rings. The first-order chi connectivity index (χ1) is 9.06. The first-order valence-corrected chi connectivity index (χ1v) is 6.26. The molecule has 0 spiro atoms. The Hall–Kier alpha value is -1.93. The van der Waals surface area contributed by atoms with E-state index in [4.69, 9.17) is 11.0 Å². The van der Waals surface area contributed by atoms with Gasteiger partial charge in [-0.1, -0.05) is 6.92 Å². The summed E-state index contributed by atoms with van der Waals surface area (Å²) in [5.74, 6) is -0.280. The van der Waals surface area contributed by atoms with Gasteiger partial charge in [0.15, 0.2) is 0 Å². The number of nitrogens with two attached hydrogens (primary N) is 1. The Labute approximate surface area is 112 Å². The Morgan fingerprint density at radius 2 is 2.26 bits per heavy atom. The van der Waals surface area contributed by atoms with Crippen LogP contribution in [0.15, 0.2) is 18.2 Å². The van der Waals surface area contributed by atoms with Gasteiger partial charge in [0.1, 0.15) is 11.9 Å². The fourth-order valence-electron chi connectivity index (χ4n) is 1.74. The van der Waals surface area contributed by atoms with E-state index in [0.717, 1.165) is 18.9 Å². The smallest absolute Gasteiger partial charge is 0.224 e. The van der Waals surface area contributed by atoms with Crippen molar-refractivity contribution < 1.29 is 9.18 Å². The van der Waals surface area contributed by atoms with Crippen LogP contribution < -0.4 is 11.1 Å². The van der Waals surface area contributed by atoms with Gasteiger partial charge in [-0.2, -0.15) is 5.26 Å². The molecule has 0 aromatic heterocycles. The monoisotopic (exact) mass is 263 g/mol. The molecule has 0 bridgehead atoms. The summed E-state index contributed by atoms with van der Waals surface area (Å²) in [4.78, 5) is 11.7. The van der Waals surface area contributed by atoms with Crippen LogP contribution in [-0.4, -0.2) is 12.5 Å². The van der Waals surface area contributed by atoms with E-state index in [1.54, 1.807) is 0 Å². The van der Waals surface area contributed by atoms with Gasteiger partial charge in [-0.05, 0) is 43.5 Å². The maximum absolute atomic E-state index is 12.9. The molecule has 0 saturated carbocycles. The highest BCUT2D eigenvalue weighted by Gasteiger charge is 2.09. The number of hydrogen-bond acceptors (Lipinski definition) is 3. The van der Waals surface area contributed by atoms with E-state index >= 15 is 0 Å². The number of hydrogen-bond donors (Lipinski definition) is 2. The number of nitriles is 1. The number of benzene rings is 1. The summed E-state index contributed by atoms with van der Waals surface area (Å²) in [6.07, 6.45) is 1.99. The molecule has 0 aliphatic heterocycles. The fourth-order valence-corrected chi connectivity index (χ4v) is 1.74. The molecular formula is C14H18FN3O. The third-order valence-electron chi connectivity index (χ3n) is 2.90.